The molecule has 1 aliphatic heterocycles. The summed E-state index contributed by atoms with van der Waals surface area (Å²) >= 11 is 1.03. The van der Waals surface area contributed by atoms with E-state index in [1.807, 2.05) is 0 Å². The predicted molar refractivity (Wildman–Crippen MR) is 98.5 cm³/mol. The van der Waals surface area contributed by atoms with Gasteiger partial charge in [-0.1, -0.05) is 25.1 Å². The van der Waals surface area contributed by atoms with Gasteiger partial charge in [0.15, 0.2) is 0 Å². The van der Waals surface area contributed by atoms with Gasteiger partial charge in [0, 0.05) is 19.1 Å². The van der Waals surface area contributed by atoms with E-state index < -0.39 is 9.84 Å². The second-order valence-electron chi connectivity index (χ2n) is 6.36. The first kappa shape index (κ1) is 18.1. The fourth-order valence-electron chi connectivity index (χ4n) is 3.30. The minimum atomic E-state index is -3.59. The zero-order valence-electron chi connectivity index (χ0n) is 14.1. The third kappa shape index (κ3) is 3.49. The minimum absolute atomic E-state index is 0.0116. The molecule has 5 nitrogen and oxygen atoms in total. The molecule has 1 amide bonds. The average Bonchev–Trinajstić information content (AvgIpc) is 3.12. The van der Waals surface area contributed by atoms with Crippen molar-refractivity contribution in [2.24, 2.45) is 11.7 Å². The average molecular weight is 379 g/mol. The summed E-state index contributed by atoms with van der Waals surface area (Å²) in [5.74, 6) is 0.233. The molecule has 134 valence electrons. The summed E-state index contributed by atoms with van der Waals surface area (Å²) in [6.45, 7) is 3.20. The van der Waals surface area contributed by atoms with Crippen LogP contribution in [0, 0.1) is 5.92 Å². The Morgan fingerprint density at radius 3 is 2.64 bits per heavy atom. The van der Waals surface area contributed by atoms with Crippen LogP contribution in [-0.2, 0) is 9.84 Å². The number of likely N-dealkylation sites (tertiary alicyclic amines) is 1. The molecule has 1 saturated heterocycles. The number of carbonyl (C=O) groups is 1. The number of nitrogens with two attached hydrogens (primary N) is 1. The van der Waals surface area contributed by atoms with Crippen molar-refractivity contribution >= 4 is 27.1 Å². The number of sulfone groups is 1. The first-order valence-electron chi connectivity index (χ1n) is 8.36. The minimum Gasteiger partial charge on any atom is -0.333 e. The van der Waals surface area contributed by atoms with Crippen molar-refractivity contribution in [3.8, 4) is 0 Å². The molecule has 0 saturated carbocycles. The lowest BCUT2D eigenvalue weighted by molar-refractivity contribution is 0.0537. The van der Waals surface area contributed by atoms with E-state index in [1.165, 1.54) is 6.07 Å². The van der Waals surface area contributed by atoms with Crippen LogP contribution >= 0.6 is 11.3 Å². The zero-order valence-corrected chi connectivity index (χ0v) is 15.7. The summed E-state index contributed by atoms with van der Waals surface area (Å²) < 4.78 is 25.6. The second-order valence-corrected chi connectivity index (χ2v) is 9.62. The van der Waals surface area contributed by atoms with E-state index in [4.69, 9.17) is 5.73 Å². The van der Waals surface area contributed by atoms with Gasteiger partial charge < -0.3 is 10.6 Å². The third-order valence-electron chi connectivity index (χ3n) is 4.73. The lowest BCUT2D eigenvalue weighted by atomic mass is 9.90. The van der Waals surface area contributed by atoms with E-state index in [9.17, 15) is 13.2 Å². The van der Waals surface area contributed by atoms with E-state index >= 15 is 0 Å². The van der Waals surface area contributed by atoms with Crippen LogP contribution in [0.15, 0.2) is 51.6 Å². The number of nitrogens with zero attached hydrogens (tertiary/aromatic N) is 1. The van der Waals surface area contributed by atoms with Crippen molar-refractivity contribution in [3.05, 3.63) is 47.3 Å². The molecule has 2 aromatic rings. The molecule has 2 unspecified atom stereocenters. The Hall–Kier alpha value is -1.70. The number of benzene rings is 1. The smallest absolute Gasteiger partial charge is 0.264 e. The van der Waals surface area contributed by atoms with Crippen LogP contribution < -0.4 is 5.73 Å². The van der Waals surface area contributed by atoms with E-state index in [0.29, 0.717) is 23.9 Å². The van der Waals surface area contributed by atoms with Crippen LogP contribution in [0.2, 0.25) is 0 Å². The summed E-state index contributed by atoms with van der Waals surface area (Å²) in [6, 6.07) is 11.4. The van der Waals surface area contributed by atoms with Gasteiger partial charge >= 0.3 is 0 Å². The Morgan fingerprint density at radius 2 is 1.96 bits per heavy atom. The molecule has 7 heteroatoms. The van der Waals surface area contributed by atoms with Gasteiger partial charge in [-0.3, -0.25) is 4.79 Å². The summed E-state index contributed by atoms with van der Waals surface area (Å²) in [5, 5.41) is 0. The highest BCUT2D eigenvalue weighted by Gasteiger charge is 2.32. The van der Waals surface area contributed by atoms with Crippen LogP contribution in [0.1, 0.15) is 29.4 Å². The van der Waals surface area contributed by atoms with Crippen molar-refractivity contribution < 1.29 is 13.2 Å². The van der Waals surface area contributed by atoms with Gasteiger partial charge in [-0.05, 0) is 43.0 Å². The highest BCUT2D eigenvalue weighted by atomic mass is 32.2. The SMILES string of the molecule is CC1CCCN(C(=O)c2ccc(S(=O)(=O)c3ccccc3)s2)C1CN. The molecule has 2 heterocycles. The number of hydrogen-bond acceptors (Lipinski definition) is 5. The van der Waals surface area contributed by atoms with Crippen molar-refractivity contribution in [2.75, 3.05) is 13.1 Å². The van der Waals surface area contributed by atoms with E-state index in [1.54, 1.807) is 41.3 Å². The Morgan fingerprint density at radius 1 is 1.24 bits per heavy atom. The van der Waals surface area contributed by atoms with Crippen LogP contribution in [0.25, 0.3) is 0 Å². The molecule has 1 aliphatic rings. The van der Waals surface area contributed by atoms with Gasteiger partial charge in [0.25, 0.3) is 5.91 Å². The van der Waals surface area contributed by atoms with Crippen molar-refractivity contribution in [1.82, 2.24) is 4.90 Å². The van der Waals surface area contributed by atoms with Crippen LogP contribution in [0.5, 0.6) is 0 Å². The normalized spacial score (nSPS) is 21.3. The molecule has 0 aliphatic carbocycles. The molecule has 1 aromatic carbocycles. The van der Waals surface area contributed by atoms with Gasteiger partial charge in [-0.15, -0.1) is 11.3 Å². The Labute approximate surface area is 152 Å². The molecular formula is C18H22N2O3S2. The summed E-state index contributed by atoms with van der Waals surface area (Å²) in [4.78, 5) is 15.4. The fourth-order valence-corrected chi connectivity index (χ4v) is 5.98. The van der Waals surface area contributed by atoms with Crippen molar-refractivity contribution in [1.29, 1.82) is 0 Å². The molecule has 2 N–H and O–H groups in total. The van der Waals surface area contributed by atoms with Crippen LogP contribution in [-0.4, -0.2) is 38.4 Å². The highest BCUT2D eigenvalue weighted by Crippen LogP contribution is 2.30. The van der Waals surface area contributed by atoms with Gasteiger partial charge in [0.2, 0.25) is 9.84 Å². The largest absolute Gasteiger partial charge is 0.333 e. The molecule has 0 spiro atoms. The van der Waals surface area contributed by atoms with Gasteiger partial charge in [0.1, 0.15) is 4.21 Å². The lowest BCUT2D eigenvalue weighted by Gasteiger charge is -2.39. The Balaban J connectivity index is 1.87. The van der Waals surface area contributed by atoms with Crippen molar-refractivity contribution in [3.63, 3.8) is 0 Å². The highest BCUT2D eigenvalue weighted by molar-refractivity contribution is 7.93. The Kier molecular flexibility index (Phi) is 5.27. The van der Waals surface area contributed by atoms with Gasteiger partial charge in [-0.25, -0.2) is 8.42 Å². The number of piperidine rings is 1. The maximum absolute atomic E-state index is 12.9. The van der Waals surface area contributed by atoms with Crippen LogP contribution in [0.4, 0.5) is 0 Å². The molecule has 3 rings (SSSR count). The maximum Gasteiger partial charge on any atom is 0.264 e. The third-order valence-corrected chi connectivity index (χ3v) is 8.06. The number of hydrogen-bond donors (Lipinski definition) is 1. The first-order valence-corrected chi connectivity index (χ1v) is 10.7. The standard InChI is InChI=1S/C18H22N2O3S2/c1-13-6-5-11-20(15(13)12-19)18(21)16-9-10-17(24-16)25(22,23)14-7-3-2-4-8-14/h2-4,7-10,13,15H,5-6,11-12,19H2,1H3. The molecule has 25 heavy (non-hydrogen) atoms. The van der Waals surface area contributed by atoms with Crippen LogP contribution in [0.3, 0.4) is 0 Å². The topological polar surface area (TPSA) is 80.5 Å². The molecule has 1 fully saturated rings. The number of thiophene rings is 1. The zero-order chi connectivity index (χ0) is 18.0. The quantitative estimate of drug-likeness (QED) is 0.887. The van der Waals surface area contributed by atoms with Crippen molar-refractivity contribution in [2.45, 2.75) is 34.9 Å². The summed E-state index contributed by atoms with van der Waals surface area (Å²) in [5.41, 5.74) is 5.86. The molecule has 0 bridgehead atoms. The number of amides is 1. The van der Waals surface area contributed by atoms with Gasteiger partial charge in [0.05, 0.1) is 9.77 Å². The maximum atomic E-state index is 12.9. The monoisotopic (exact) mass is 378 g/mol. The fraction of sp³-hybridized carbons (Fsp3) is 0.389. The van der Waals surface area contributed by atoms with E-state index in [-0.39, 0.29) is 21.1 Å². The molecule has 0 radical (unpaired) electrons. The van der Waals surface area contributed by atoms with E-state index in [2.05, 4.69) is 6.92 Å². The molecule has 2 atom stereocenters. The predicted octanol–water partition coefficient (Wildman–Crippen LogP) is 2.78. The van der Waals surface area contributed by atoms with E-state index in [0.717, 1.165) is 24.2 Å². The number of carbonyl (C=O) groups excluding carboxylic acids is 1. The second kappa shape index (κ2) is 7.27. The molecule has 1 aromatic heterocycles. The van der Waals surface area contributed by atoms with Gasteiger partial charge in [-0.2, -0.15) is 0 Å². The lowest BCUT2D eigenvalue weighted by Crippen LogP contribution is -2.51. The Bertz CT molecular complexity index is 846. The summed E-state index contributed by atoms with van der Waals surface area (Å²) in [7, 11) is -3.59. The summed E-state index contributed by atoms with van der Waals surface area (Å²) in [6.07, 6.45) is 2.01. The first-order chi connectivity index (χ1) is 11.9. The number of rotatable bonds is 4. The molecular weight excluding hydrogens is 356 g/mol.